The molecule has 0 fully saturated rings. The first kappa shape index (κ1) is 23.1. The Morgan fingerprint density at radius 1 is 1.00 bits per heavy atom. The molecule has 0 spiro atoms. The zero-order valence-electron chi connectivity index (χ0n) is 17.9. The molecule has 0 unspecified atom stereocenters. The van der Waals surface area contributed by atoms with Crippen LogP contribution in [-0.2, 0) is 15.8 Å². The molecule has 0 bridgehead atoms. The van der Waals surface area contributed by atoms with Crippen molar-refractivity contribution in [3.8, 4) is 22.9 Å². The minimum absolute atomic E-state index is 0.170. The summed E-state index contributed by atoms with van der Waals surface area (Å²) < 4.78 is 51.5. The van der Waals surface area contributed by atoms with Gasteiger partial charge in [0.05, 0.1) is 10.6 Å². The largest absolute Gasteiger partial charge is 0.444 e. The van der Waals surface area contributed by atoms with Crippen molar-refractivity contribution in [2.75, 3.05) is 13.1 Å². The predicted octanol–water partition coefficient (Wildman–Crippen LogP) is 4.85. The Kier molecular flexibility index (Phi) is 6.91. The summed E-state index contributed by atoms with van der Waals surface area (Å²) in [6, 6.07) is 12.4. The van der Waals surface area contributed by atoms with Crippen LogP contribution < -0.4 is 0 Å². The highest BCUT2D eigenvalue weighted by atomic mass is 32.2. The van der Waals surface area contributed by atoms with Crippen LogP contribution in [0.4, 0.5) is 4.39 Å². The molecule has 0 saturated heterocycles. The topological polar surface area (TPSA) is 102 Å². The summed E-state index contributed by atoms with van der Waals surface area (Å²) in [5.74, 6) is 0.572. The molecule has 172 valence electrons. The zero-order chi connectivity index (χ0) is 23.4. The third-order valence-corrected chi connectivity index (χ3v) is 7.70. The maximum atomic E-state index is 13.4. The average molecular weight is 489 g/mol. The van der Waals surface area contributed by atoms with E-state index in [2.05, 4.69) is 15.2 Å². The van der Waals surface area contributed by atoms with Crippen molar-refractivity contribution < 1.29 is 21.6 Å². The molecule has 33 heavy (non-hydrogen) atoms. The lowest BCUT2D eigenvalue weighted by Crippen LogP contribution is -2.30. The van der Waals surface area contributed by atoms with Crippen molar-refractivity contribution in [2.45, 2.75) is 29.7 Å². The van der Waals surface area contributed by atoms with Gasteiger partial charge in [0.2, 0.25) is 21.8 Å². The van der Waals surface area contributed by atoms with Crippen LogP contribution in [0.5, 0.6) is 0 Å². The molecule has 0 radical (unpaired) electrons. The monoisotopic (exact) mass is 488 g/mol. The number of halogens is 1. The van der Waals surface area contributed by atoms with Gasteiger partial charge in [0.1, 0.15) is 12.1 Å². The molecule has 0 N–H and O–H groups in total. The summed E-state index contributed by atoms with van der Waals surface area (Å²) >= 11 is 1.26. The number of rotatable bonds is 9. The quantitative estimate of drug-likeness (QED) is 0.308. The van der Waals surface area contributed by atoms with Crippen molar-refractivity contribution in [3.63, 3.8) is 0 Å². The highest BCUT2D eigenvalue weighted by molar-refractivity contribution is 7.98. The molecular formula is C22H21FN4O4S2. The van der Waals surface area contributed by atoms with Gasteiger partial charge in [-0.25, -0.2) is 17.8 Å². The van der Waals surface area contributed by atoms with Gasteiger partial charge < -0.3 is 8.83 Å². The minimum atomic E-state index is -3.60. The summed E-state index contributed by atoms with van der Waals surface area (Å²) in [5.41, 5.74) is 1.69. The van der Waals surface area contributed by atoms with Gasteiger partial charge >= 0.3 is 0 Å². The van der Waals surface area contributed by atoms with Crippen LogP contribution in [0.2, 0.25) is 0 Å². The summed E-state index contributed by atoms with van der Waals surface area (Å²) in [7, 11) is -3.60. The molecule has 0 amide bonds. The molecule has 0 aliphatic rings. The van der Waals surface area contributed by atoms with E-state index in [-0.39, 0.29) is 16.6 Å². The molecule has 11 heteroatoms. The Morgan fingerprint density at radius 2 is 1.73 bits per heavy atom. The SMILES string of the molecule is CCN(CC)S(=O)(=O)c1cccc(-c2nnc(SCc3coc(-c4cccc(F)c4)n3)o2)c1. The van der Waals surface area contributed by atoms with Crippen LogP contribution in [0.1, 0.15) is 19.5 Å². The fourth-order valence-corrected chi connectivity index (χ4v) is 5.29. The second-order valence-corrected chi connectivity index (χ2v) is 9.80. The van der Waals surface area contributed by atoms with Gasteiger partial charge in [-0.05, 0) is 36.4 Å². The van der Waals surface area contributed by atoms with E-state index in [1.807, 2.05) is 0 Å². The average Bonchev–Trinajstić information content (AvgIpc) is 3.48. The molecule has 8 nitrogen and oxygen atoms in total. The molecule has 0 saturated carbocycles. The summed E-state index contributed by atoms with van der Waals surface area (Å²) in [5, 5.41) is 8.36. The Morgan fingerprint density at radius 3 is 2.45 bits per heavy atom. The third-order valence-electron chi connectivity index (χ3n) is 4.80. The van der Waals surface area contributed by atoms with Gasteiger partial charge in [-0.15, -0.1) is 10.2 Å². The third kappa shape index (κ3) is 5.15. The zero-order valence-corrected chi connectivity index (χ0v) is 19.6. The summed E-state index contributed by atoms with van der Waals surface area (Å²) in [6.45, 7) is 4.35. The predicted molar refractivity (Wildman–Crippen MR) is 121 cm³/mol. The van der Waals surface area contributed by atoms with E-state index in [0.717, 1.165) is 0 Å². The van der Waals surface area contributed by atoms with Gasteiger partial charge in [0.25, 0.3) is 5.22 Å². The second-order valence-electron chi connectivity index (χ2n) is 6.93. The number of hydrogen-bond donors (Lipinski definition) is 0. The smallest absolute Gasteiger partial charge is 0.277 e. The van der Waals surface area contributed by atoms with Gasteiger partial charge in [-0.3, -0.25) is 0 Å². The van der Waals surface area contributed by atoms with Crippen LogP contribution >= 0.6 is 11.8 Å². The van der Waals surface area contributed by atoms with Crippen molar-refractivity contribution in [1.82, 2.24) is 19.5 Å². The number of sulfonamides is 1. The molecule has 0 aliphatic carbocycles. The minimum Gasteiger partial charge on any atom is -0.444 e. The Hall–Kier alpha value is -3.02. The number of hydrogen-bond acceptors (Lipinski definition) is 8. The van der Waals surface area contributed by atoms with Crippen molar-refractivity contribution >= 4 is 21.8 Å². The van der Waals surface area contributed by atoms with E-state index in [4.69, 9.17) is 8.83 Å². The standard InChI is InChI=1S/C22H21FN4O4S2/c1-3-27(4-2)33(28,29)19-10-6-8-16(12-19)21-25-26-22(31-21)32-14-18-13-30-20(24-18)15-7-5-9-17(23)11-15/h5-13H,3-4,14H2,1-2H3. The van der Waals surface area contributed by atoms with Crippen LogP contribution in [0.15, 0.2) is 73.7 Å². The molecular weight excluding hydrogens is 467 g/mol. The van der Waals surface area contributed by atoms with E-state index in [1.54, 1.807) is 44.2 Å². The van der Waals surface area contributed by atoms with Crippen molar-refractivity contribution in [3.05, 3.63) is 66.3 Å². The molecule has 4 rings (SSSR count). The van der Waals surface area contributed by atoms with Crippen molar-refractivity contribution in [1.29, 1.82) is 0 Å². The Bertz CT molecular complexity index is 1350. The number of nitrogens with zero attached hydrogens (tertiary/aromatic N) is 4. The lowest BCUT2D eigenvalue weighted by Gasteiger charge is -2.18. The van der Waals surface area contributed by atoms with Gasteiger partial charge in [-0.2, -0.15) is 4.31 Å². The molecule has 0 aliphatic heterocycles. The Balaban J connectivity index is 1.46. The highest BCUT2D eigenvalue weighted by Gasteiger charge is 2.22. The fourth-order valence-electron chi connectivity index (χ4n) is 3.15. The molecule has 2 aromatic carbocycles. The maximum absolute atomic E-state index is 13.4. The number of oxazole rings is 1. The number of aromatic nitrogens is 3. The number of benzene rings is 2. The Labute approximate surface area is 194 Å². The van der Waals surface area contributed by atoms with E-state index in [9.17, 15) is 12.8 Å². The lowest BCUT2D eigenvalue weighted by atomic mass is 10.2. The van der Waals surface area contributed by atoms with Crippen LogP contribution in [-0.4, -0.2) is 41.0 Å². The number of thioether (sulfide) groups is 1. The molecule has 0 atom stereocenters. The van der Waals surface area contributed by atoms with E-state index >= 15 is 0 Å². The summed E-state index contributed by atoms with van der Waals surface area (Å²) in [6.07, 6.45) is 1.49. The van der Waals surface area contributed by atoms with Gasteiger partial charge in [0, 0.05) is 30.0 Å². The fraction of sp³-hybridized carbons (Fsp3) is 0.227. The first-order valence-corrected chi connectivity index (χ1v) is 12.6. The highest BCUT2D eigenvalue weighted by Crippen LogP contribution is 2.28. The normalized spacial score (nSPS) is 11.9. The molecule has 2 heterocycles. The van der Waals surface area contributed by atoms with E-state index < -0.39 is 10.0 Å². The molecule has 4 aromatic rings. The van der Waals surface area contributed by atoms with Crippen LogP contribution in [0, 0.1) is 5.82 Å². The van der Waals surface area contributed by atoms with Crippen LogP contribution in [0.3, 0.4) is 0 Å². The lowest BCUT2D eigenvalue weighted by molar-refractivity contribution is 0.445. The first-order chi connectivity index (χ1) is 15.9. The van der Waals surface area contributed by atoms with Crippen molar-refractivity contribution in [2.24, 2.45) is 0 Å². The van der Waals surface area contributed by atoms with Gasteiger partial charge in [0.15, 0.2) is 0 Å². The summed E-state index contributed by atoms with van der Waals surface area (Å²) in [4.78, 5) is 4.53. The van der Waals surface area contributed by atoms with E-state index in [0.29, 0.717) is 46.8 Å². The van der Waals surface area contributed by atoms with Gasteiger partial charge in [-0.1, -0.05) is 37.7 Å². The van der Waals surface area contributed by atoms with E-state index in [1.165, 1.54) is 40.5 Å². The molecule has 2 aromatic heterocycles. The maximum Gasteiger partial charge on any atom is 0.277 e. The second kappa shape index (κ2) is 9.86. The first-order valence-electron chi connectivity index (χ1n) is 10.2. The van der Waals surface area contributed by atoms with Crippen LogP contribution in [0.25, 0.3) is 22.9 Å².